The molecule has 0 aliphatic heterocycles. The van der Waals surface area contributed by atoms with Crippen LogP contribution in [0.5, 0.6) is 5.75 Å². The van der Waals surface area contributed by atoms with Crippen molar-refractivity contribution in [2.24, 2.45) is 5.92 Å². The van der Waals surface area contributed by atoms with Crippen LogP contribution in [0, 0.1) is 24.2 Å². The number of hydrogen-bond acceptors (Lipinski definition) is 3. The molecule has 0 bridgehead atoms. The monoisotopic (exact) mass is 286 g/mol. The molecular weight excluding hydrogens is 260 g/mol. The Morgan fingerprint density at radius 1 is 1.38 bits per heavy atom. The lowest BCUT2D eigenvalue weighted by Crippen LogP contribution is -2.40. The zero-order valence-corrected chi connectivity index (χ0v) is 13.1. The van der Waals surface area contributed by atoms with Gasteiger partial charge in [0.15, 0.2) is 0 Å². The molecule has 2 rings (SSSR count). The second kappa shape index (κ2) is 8.05. The molecule has 1 aromatic carbocycles. The molecule has 1 N–H and O–H groups in total. The van der Waals surface area contributed by atoms with Gasteiger partial charge in [0.2, 0.25) is 0 Å². The van der Waals surface area contributed by atoms with Gasteiger partial charge in [0.05, 0.1) is 6.07 Å². The average molecular weight is 286 g/mol. The number of hydrogen-bond donors (Lipinski definition) is 1. The number of nitrogens with one attached hydrogen (secondary N) is 1. The molecule has 3 heteroatoms. The first kappa shape index (κ1) is 15.9. The van der Waals surface area contributed by atoms with Crippen molar-refractivity contribution in [2.45, 2.75) is 58.1 Å². The van der Waals surface area contributed by atoms with Crippen LogP contribution < -0.4 is 10.1 Å². The minimum Gasteiger partial charge on any atom is -0.489 e. The lowest BCUT2D eigenvalue weighted by atomic mass is 9.86. The van der Waals surface area contributed by atoms with Crippen LogP contribution in [0.1, 0.15) is 44.6 Å². The Balaban J connectivity index is 1.83. The van der Waals surface area contributed by atoms with Gasteiger partial charge >= 0.3 is 0 Å². The van der Waals surface area contributed by atoms with Crippen LogP contribution in [0.4, 0.5) is 0 Å². The van der Waals surface area contributed by atoms with Gasteiger partial charge in [-0.05, 0) is 44.2 Å². The number of ether oxygens (including phenoxy) is 1. The zero-order valence-electron chi connectivity index (χ0n) is 13.1. The Morgan fingerprint density at radius 2 is 2.19 bits per heavy atom. The van der Waals surface area contributed by atoms with E-state index in [1.54, 1.807) is 0 Å². The number of nitrogens with zero attached hydrogens (tertiary/aromatic N) is 1. The van der Waals surface area contributed by atoms with Crippen molar-refractivity contribution in [1.29, 1.82) is 5.26 Å². The van der Waals surface area contributed by atoms with Crippen molar-refractivity contribution in [1.82, 2.24) is 5.32 Å². The molecule has 1 fully saturated rings. The van der Waals surface area contributed by atoms with E-state index in [4.69, 9.17) is 10.00 Å². The normalized spacial score (nSPS) is 23.3. The second-order valence-electron chi connectivity index (χ2n) is 6.01. The van der Waals surface area contributed by atoms with Crippen LogP contribution in [-0.2, 0) is 0 Å². The third-order valence-corrected chi connectivity index (χ3v) is 4.33. The molecule has 0 amide bonds. The van der Waals surface area contributed by atoms with Gasteiger partial charge in [-0.15, -0.1) is 0 Å². The Morgan fingerprint density at radius 3 is 2.90 bits per heavy atom. The number of benzene rings is 1. The van der Waals surface area contributed by atoms with Gasteiger partial charge in [-0.2, -0.15) is 5.26 Å². The molecule has 1 saturated carbocycles. The fourth-order valence-corrected chi connectivity index (χ4v) is 2.93. The summed E-state index contributed by atoms with van der Waals surface area (Å²) in [6, 6.07) is 11.0. The van der Waals surface area contributed by atoms with Crippen LogP contribution in [-0.4, -0.2) is 18.7 Å². The number of nitriles is 1. The summed E-state index contributed by atoms with van der Waals surface area (Å²) in [7, 11) is 0. The molecule has 1 aromatic rings. The summed E-state index contributed by atoms with van der Waals surface area (Å²) in [5.74, 6) is 1.21. The molecule has 0 heterocycles. The topological polar surface area (TPSA) is 45.0 Å². The van der Waals surface area contributed by atoms with Gasteiger partial charge in [0, 0.05) is 18.5 Å². The lowest BCUT2D eigenvalue weighted by molar-refractivity contribution is 0.180. The van der Waals surface area contributed by atoms with E-state index in [1.807, 2.05) is 18.2 Å². The summed E-state index contributed by atoms with van der Waals surface area (Å²) in [4.78, 5) is 0. The molecule has 0 saturated heterocycles. The van der Waals surface area contributed by atoms with Crippen molar-refractivity contribution < 1.29 is 4.74 Å². The van der Waals surface area contributed by atoms with E-state index >= 15 is 0 Å². The largest absolute Gasteiger partial charge is 0.489 e. The Bertz CT molecular complexity index is 480. The van der Waals surface area contributed by atoms with Crippen LogP contribution in [0.2, 0.25) is 0 Å². The summed E-state index contributed by atoms with van der Waals surface area (Å²) in [6.45, 7) is 5.09. The van der Waals surface area contributed by atoms with Crippen LogP contribution in [0.3, 0.4) is 0 Å². The minimum absolute atomic E-state index is 0.188. The molecule has 0 unspecified atom stereocenters. The molecule has 114 valence electrons. The van der Waals surface area contributed by atoms with Gasteiger partial charge in [0.1, 0.15) is 11.9 Å². The third-order valence-electron chi connectivity index (χ3n) is 4.33. The molecule has 1 aliphatic rings. The van der Waals surface area contributed by atoms with Gasteiger partial charge in [-0.25, -0.2) is 0 Å². The molecule has 3 atom stereocenters. The van der Waals surface area contributed by atoms with E-state index in [2.05, 4.69) is 31.3 Å². The van der Waals surface area contributed by atoms with Crippen molar-refractivity contribution in [3.63, 3.8) is 0 Å². The maximum Gasteiger partial charge on any atom is 0.122 e. The predicted molar refractivity (Wildman–Crippen MR) is 85.2 cm³/mol. The highest BCUT2D eigenvalue weighted by molar-refractivity contribution is 5.31. The number of para-hydroxylation sites is 1. The van der Waals surface area contributed by atoms with Crippen molar-refractivity contribution in [2.75, 3.05) is 6.54 Å². The number of rotatable bonds is 6. The van der Waals surface area contributed by atoms with Crippen molar-refractivity contribution in [3.8, 4) is 11.8 Å². The zero-order chi connectivity index (χ0) is 15.1. The first-order valence-electron chi connectivity index (χ1n) is 8.08. The predicted octanol–water partition coefficient (Wildman–Crippen LogP) is 3.82. The SMILES string of the molecule is CC[C@H](CN[C@H]1CCC[C@H](C#N)C1)Oc1ccccc1C. The van der Waals surface area contributed by atoms with Crippen molar-refractivity contribution in [3.05, 3.63) is 29.8 Å². The Labute approximate surface area is 128 Å². The summed E-state index contributed by atoms with van der Waals surface area (Å²) in [5.41, 5.74) is 1.18. The van der Waals surface area contributed by atoms with Crippen LogP contribution >= 0.6 is 0 Å². The highest BCUT2D eigenvalue weighted by Crippen LogP contribution is 2.24. The second-order valence-corrected chi connectivity index (χ2v) is 6.01. The summed E-state index contributed by atoms with van der Waals surface area (Å²) < 4.78 is 6.11. The average Bonchev–Trinajstić information content (AvgIpc) is 2.53. The molecule has 0 aromatic heterocycles. The van der Waals surface area contributed by atoms with E-state index in [9.17, 15) is 0 Å². The van der Waals surface area contributed by atoms with Crippen LogP contribution in [0.15, 0.2) is 24.3 Å². The highest BCUT2D eigenvalue weighted by atomic mass is 16.5. The van der Waals surface area contributed by atoms with Gasteiger partial charge < -0.3 is 10.1 Å². The third kappa shape index (κ3) is 4.75. The minimum atomic E-state index is 0.188. The van der Waals surface area contributed by atoms with E-state index in [1.165, 1.54) is 12.0 Å². The number of aryl methyl sites for hydroxylation is 1. The fraction of sp³-hybridized carbons (Fsp3) is 0.611. The fourth-order valence-electron chi connectivity index (χ4n) is 2.93. The Hall–Kier alpha value is -1.53. The smallest absolute Gasteiger partial charge is 0.122 e. The molecule has 0 spiro atoms. The molecule has 21 heavy (non-hydrogen) atoms. The quantitative estimate of drug-likeness (QED) is 0.864. The van der Waals surface area contributed by atoms with E-state index in [0.29, 0.717) is 6.04 Å². The standard InChI is InChI=1S/C18H26N2O/c1-3-17(21-18-10-5-4-7-14(18)2)13-20-16-9-6-8-15(11-16)12-19/h4-5,7,10,15-17,20H,3,6,8-9,11,13H2,1-2H3/t15-,16-,17+/m0/s1. The summed E-state index contributed by atoms with van der Waals surface area (Å²) in [6.07, 6.45) is 5.55. The van der Waals surface area contributed by atoms with Gasteiger partial charge in [0.25, 0.3) is 0 Å². The van der Waals surface area contributed by atoms with E-state index in [-0.39, 0.29) is 12.0 Å². The maximum absolute atomic E-state index is 9.06. The van der Waals surface area contributed by atoms with Crippen molar-refractivity contribution >= 4 is 0 Å². The summed E-state index contributed by atoms with van der Waals surface area (Å²) in [5, 5.41) is 12.7. The first-order valence-corrected chi connectivity index (χ1v) is 8.08. The molecular formula is C18H26N2O. The molecule has 3 nitrogen and oxygen atoms in total. The van der Waals surface area contributed by atoms with Gasteiger partial charge in [-0.3, -0.25) is 0 Å². The van der Waals surface area contributed by atoms with Gasteiger partial charge in [-0.1, -0.05) is 31.5 Å². The Kier molecular flexibility index (Phi) is 6.07. The highest BCUT2D eigenvalue weighted by Gasteiger charge is 2.22. The molecule has 0 radical (unpaired) electrons. The maximum atomic E-state index is 9.06. The lowest BCUT2D eigenvalue weighted by Gasteiger charge is -2.28. The van der Waals surface area contributed by atoms with E-state index < -0.39 is 0 Å². The van der Waals surface area contributed by atoms with E-state index in [0.717, 1.165) is 38.0 Å². The summed E-state index contributed by atoms with van der Waals surface area (Å²) >= 11 is 0. The first-order chi connectivity index (χ1) is 10.2. The van der Waals surface area contributed by atoms with Crippen LogP contribution in [0.25, 0.3) is 0 Å². The molecule has 1 aliphatic carbocycles.